The minimum atomic E-state index is 0.710. The maximum atomic E-state index is 6.09. The monoisotopic (exact) mass is 261 g/mol. The van der Waals surface area contributed by atoms with Gasteiger partial charge in [0.1, 0.15) is 0 Å². The molecule has 0 spiro atoms. The van der Waals surface area contributed by atoms with Crippen LogP contribution in [0.5, 0.6) is 0 Å². The Labute approximate surface area is 112 Å². The van der Waals surface area contributed by atoms with Crippen molar-refractivity contribution in [2.45, 2.75) is 13.1 Å². The van der Waals surface area contributed by atoms with E-state index in [1.165, 1.54) is 5.56 Å². The lowest BCUT2D eigenvalue weighted by molar-refractivity contribution is 0.319. The number of nitrogen functional groups attached to an aromatic ring is 1. The molecule has 1 heterocycles. The highest BCUT2D eigenvalue weighted by molar-refractivity contribution is 6.31. The van der Waals surface area contributed by atoms with E-state index in [9.17, 15) is 0 Å². The molecule has 2 aromatic rings. The van der Waals surface area contributed by atoms with Gasteiger partial charge in [-0.05, 0) is 36.4 Å². The van der Waals surface area contributed by atoms with Crippen LogP contribution >= 0.6 is 11.6 Å². The average molecular weight is 262 g/mol. The summed E-state index contributed by atoms with van der Waals surface area (Å²) in [5.74, 6) is 0. The predicted octanol–water partition coefficient (Wildman–Crippen LogP) is 2.95. The molecule has 1 aromatic heterocycles. The first-order chi connectivity index (χ1) is 8.65. The van der Waals surface area contributed by atoms with Crippen molar-refractivity contribution in [3.8, 4) is 0 Å². The van der Waals surface area contributed by atoms with Crippen LogP contribution in [-0.2, 0) is 13.1 Å². The van der Waals surface area contributed by atoms with E-state index in [0.717, 1.165) is 24.3 Å². The van der Waals surface area contributed by atoms with Crippen LogP contribution in [0, 0.1) is 0 Å². The molecule has 0 bridgehead atoms. The van der Waals surface area contributed by atoms with E-state index in [1.54, 1.807) is 12.4 Å². The highest BCUT2D eigenvalue weighted by Gasteiger charge is 2.05. The summed E-state index contributed by atoms with van der Waals surface area (Å²) in [6.07, 6.45) is 3.44. The predicted molar refractivity (Wildman–Crippen MR) is 75.3 cm³/mol. The Kier molecular flexibility index (Phi) is 4.18. The lowest BCUT2D eigenvalue weighted by Gasteiger charge is -2.17. The quantitative estimate of drug-likeness (QED) is 0.861. The fourth-order valence-corrected chi connectivity index (χ4v) is 1.99. The van der Waals surface area contributed by atoms with Gasteiger partial charge in [-0.2, -0.15) is 0 Å². The summed E-state index contributed by atoms with van der Waals surface area (Å²) in [7, 11) is 2.06. The molecule has 0 amide bonds. The molecule has 0 saturated carbocycles. The zero-order chi connectivity index (χ0) is 13.0. The van der Waals surface area contributed by atoms with E-state index in [4.69, 9.17) is 17.3 Å². The van der Waals surface area contributed by atoms with E-state index >= 15 is 0 Å². The second-order valence-corrected chi connectivity index (χ2v) is 4.79. The van der Waals surface area contributed by atoms with Crippen molar-refractivity contribution < 1.29 is 0 Å². The summed E-state index contributed by atoms with van der Waals surface area (Å²) in [5.41, 5.74) is 8.77. The molecule has 0 atom stereocenters. The van der Waals surface area contributed by atoms with E-state index in [-0.39, 0.29) is 0 Å². The zero-order valence-electron chi connectivity index (χ0n) is 10.3. The number of anilines is 1. The summed E-state index contributed by atoms with van der Waals surface area (Å²) >= 11 is 6.09. The molecule has 0 fully saturated rings. The summed E-state index contributed by atoms with van der Waals surface area (Å²) in [4.78, 5) is 6.18. The van der Waals surface area contributed by atoms with E-state index in [2.05, 4.69) is 16.9 Å². The molecule has 0 aliphatic carbocycles. The van der Waals surface area contributed by atoms with Crippen LogP contribution in [0.4, 0.5) is 5.69 Å². The SMILES string of the molecule is CN(Cc1ccc(N)cc1)Cc1ccncc1Cl. The Morgan fingerprint density at radius 2 is 1.89 bits per heavy atom. The number of rotatable bonds is 4. The third kappa shape index (κ3) is 3.45. The number of nitrogens with two attached hydrogens (primary N) is 1. The summed E-state index contributed by atoms with van der Waals surface area (Å²) in [5, 5.41) is 0.710. The molecule has 0 radical (unpaired) electrons. The standard InChI is InChI=1S/C14H16ClN3/c1-18(9-11-2-4-13(16)5-3-11)10-12-6-7-17-8-14(12)15/h2-8H,9-10,16H2,1H3. The molecule has 2 N–H and O–H groups in total. The molecule has 3 nitrogen and oxygen atoms in total. The minimum Gasteiger partial charge on any atom is -0.399 e. The van der Waals surface area contributed by atoms with Gasteiger partial charge in [0.2, 0.25) is 0 Å². The fraction of sp³-hybridized carbons (Fsp3) is 0.214. The van der Waals surface area contributed by atoms with Crippen molar-refractivity contribution in [1.29, 1.82) is 0 Å². The number of pyridine rings is 1. The largest absolute Gasteiger partial charge is 0.399 e. The third-order valence-electron chi connectivity index (χ3n) is 2.73. The molecule has 1 aromatic carbocycles. The molecule has 0 aliphatic heterocycles. The Bertz CT molecular complexity index is 511. The van der Waals surface area contributed by atoms with Gasteiger partial charge in [0.05, 0.1) is 5.02 Å². The summed E-state index contributed by atoms with van der Waals surface area (Å²) in [6, 6.07) is 9.87. The van der Waals surface area contributed by atoms with Crippen molar-refractivity contribution in [2.24, 2.45) is 0 Å². The number of hydrogen-bond acceptors (Lipinski definition) is 3. The van der Waals surface area contributed by atoms with Crippen molar-refractivity contribution in [1.82, 2.24) is 9.88 Å². The van der Waals surface area contributed by atoms with Crippen LogP contribution in [0.2, 0.25) is 5.02 Å². The Morgan fingerprint density at radius 3 is 2.56 bits per heavy atom. The first-order valence-electron chi connectivity index (χ1n) is 5.76. The van der Waals surface area contributed by atoms with E-state index in [1.807, 2.05) is 30.3 Å². The Balaban J connectivity index is 1.99. The topological polar surface area (TPSA) is 42.1 Å². The molecule has 0 saturated heterocycles. The van der Waals surface area contributed by atoms with Gasteiger partial charge >= 0.3 is 0 Å². The molecule has 2 rings (SSSR count). The van der Waals surface area contributed by atoms with Crippen LogP contribution in [0.15, 0.2) is 42.7 Å². The van der Waals surface area contributed by atoms with Crippen LogP contribution in [0.25, 0.3) is 0 Å². The van der Waals surface area contributed by atoms with Crippen LogP contribution in [0.3, 0.4) is 0 Å². The number of hydrogen-bond donors (Lipinski definition) is 1. The summed E-state index contributed by atoms with van der Waals surface area (Å²) < 4.78 is 0. The highest BCUT2D eigenvalue weighted by Crippen LogP contribution is 2.16. The van der Waals surface area contributed by atoms with Gasteiger partial charge < -0.3 is 5.73 Å². The number of benzene rings is 1. The van der Waals surface area contributed by atoms with Crippen LogP contribution < -0.4 is 5.73 Å². The van der Waals surface area contributed by atoms with Crippen molar-refractivity contribution >= 4 is 17.3 Å². The van der Waals surface area contributed by atoms with Gasteiger partial charge in [-0.25, -0.2) is 0 Å². The maximum absolute atomic E-state index is 6.09. The maximum Gasteiger partial charge on any atom is 0.0634 e. The Morgan fingerprint density at radius 1 is 1.17 bits per heavy atom. The van der Waals surface area contributed by atoms with Crippen molar-refractivity contribution in [3.63, 3.8) is 0 Å². The molecular weight excluding hydrogens is 246 g/mol. The van der Waals surface area contributed by atoms with E-state index < -0.39 is 0 Å². The molecule has 0 unspecified atom stereocenters. The van der Waals surface area contributed by atoms with Gasteiger partial charge in [-0.1, -0.05) is 23.7 Å². The van der Waals surface area contributed by atoms with Gasteiger partial charge in [-0.15, -0.1) is 0 Å². The van der Waals surface area contributed by atoms with Crippen LogP contribution in [0.1, 0.15) is 11.1 Å². The van der Waals surface area contributed by atoms with Gasteiger partial charge in [0.25, 0.3) is 0 Å². The molecular formula is C14H16ClN3. The average Bonchev–Trinajstić information content (AvgIpc) is 2.35. The molecule has 0 aliphatic rings. The molecule has 4 heteroatoms. The lowest BCUT2D eigenvalue weighted by Crippen LogP contribution is -2.17. The van der Waals surface area contributed by atoms with Gasteiger partial charge in [-0.3, -0.25) is 9.88 Å². The smallest absolute Gasteiger partial charge is 0.0634 e. The Hall–Kier alpha value is -1.58. The minimum absolute atomic E-state index is 0.710. The van der Waals surface area contributed by atoms with Gasteiger partial charge in [0.15, 0.2) is 0 Å². The molecule has 94 valence electrons. The first kappa shape index (κ1) is 12.9. The van der Waals surface area contributed by atoms with Crippen molar-refractivity contribution in [2.75, 3.05) is 12.8 Å². The summed E-state index contributed by atoms with van der Waals surface area (Å²) in [6.45, 7) is 1.66. The number of aromatic nitrogens is 1. The second-order valence-electron chi connectivity index (χ2n) is 4.38. The number of halogens is 1. The second kappa shape index (κ2) is 5.85. The normalized spacial score (nSPS) is 10.8. The molecule has 18 heavy (non-hydrogen) atoms. The zero-order valence-corrected chi connectivity index (χ0v) is 11.1. The van der Waals surface area contributed by atoms with Gasteiger partial charge in [0, 0.05) is 31.2 Å². The first-order valence-corrected chi connectivity index (χ1v) is 6.14. The van der Waals surface area contributed by atoms with E-state index in [0.29, 0.717) is 5.02 Å². The lowest BCUT2D eigenvalue weighted by atomic mass is 10.2. The fourth-order valence-electron chi connectivity index (χ4n) is 1.81. The van der Waals surface area contributed by atoms with Crippen molar-refractivity contribution in [3.05, 3.63) is 58.9 Å². The third-order valence-corrected chi connectivity index (χ3v) is 3.07. The highest BCUT2D eigenvalue weighted by atomic mass is 35.5. The van der Waals surface area contributed by atoms with Crippen LogP contribution in [-0.4, -0.2) is 16.9 Å². The number of nitrogens with zero attached hydrogens (tertiary/aromatic N) is 2.